The highest BCUT2D eigenvalue weighted by atomic mass is 79.9. The predicted molar refractivity (Wildman–Crippen MR) is 79.9 cm³/mol. The minimum Gasteiger partial charge on any atom is -0.388 e. The van der Waals surface area contributed by atoms with Gasteiger partial charge >= 0.3 is 0 Å². The number of hydrogen-bond donors (Lipinski definition) is 1. The molecule has 1 saturated carbocycles. The highest BCUT2D eigenvalue weighted by Gasteiger charge is 2.25. The van der Waals surface area contributed by atoms with Gasteiger partial charge in [-0.25, -0.2) is 4.39 Å². The summed E-state index contributed by atoms with van der Waals surface area (Å²) in [7, 11) is 0. The molecule has 1 unspecified atom stereocenters. The third kappa shape index (κ3) is 3.71. The first-order valence-corrected chi connectivity index (χ1v) is 8.10. The van der Waals surface area contributed by atoms with Gasteiger partial charge in [0.05, 0.1) is 11.1 Å². The lowest BCUT2D eigenvalue weighted by atomic mass is 9.84. The van der Waals surface area contributed by atoms with Crippen LogP contribution in [0.2, 0.25) is 5.02 Å². The van der Waals surface area contributed by atoms with Gasteiger partial charge in [-0.05, 0) is 40.8 Å². The Bertz CT molecular complexity index is 430. The van der Waals surface area contributed by atoms with Crippen molar-refractivity contribution in [1.82, 2.24) is 0 Å². The van der Waals surface area contributed by atoms with Crippen molar-refractivity contribution in [2.75, 3.05) is 0 Å². The van der Waals surface area contributed by atoms with Crippen LogP contribution in [0.1, 0.15) is 56.6 Å². The van der Waals surface area contributed by atoms with Crippen molar-refractivity contribution in [1.29, 1.82) is 0 Å². The maximum absolute atomic E-state index is 14.1. The Balaban J connectivity index is 2.17. The Labute approximate surface area is 127 Å². The van der Waals surface area contributed by atoms with Gasteiger partial charge in [-0.2, -0.15) is 0 Å². The summed E-state index contributed by atoms with van der Waals surface area (Å²) in [6.07, 6.45) is 7.13. The van der Waals surface area contributed by atoms with E-state index in [1.54, 1.807) is 12.1 Å². The molecule has 1 fully saturated rings. The molecule has 0 spiro atoms. The lowest BCUT2D eigenvalue weighted by molar-refractivity contribution is 0.0879. The second-order valence-electron chi connectivity index (χ2n) is 5.31. The molecule has 19 heavy (non-hydrogen) atoms. The minimum atomic E-state index is -0.747. The molecule has 106 valence electrons. The van der Waals surface area contributed by atoms with Crippen LogP contribution in [0.25, 0.3) is 0 Å². The SMILES string of the molecule is OC(c1ccc(Br)c(Cl)c1F)C1CCCCCCC1. The predicted octanol–water partition coefficient (Wildman–Crippen LogP) is 5.64. The molecular formula is C15H19BrClFO. The lowest BCUT2D eigenvalue weighted by Crippen LogP contribution is -2.15. The molecule has 2 rings (SSSR count). The smallest absolute Gasteiger partial charge is 0.148 e. The van der Waals surface area contributed by atoms with Gasteiger partial charge in [-0.15, -0.1) is 0 Å². The second-order valence-corrected chi connectivity index (χ2v) is 6.55. The Morgan fingerprint density at radius 1 is 1.16 bits per heavy atom. The summed E-state index contributed by atoms with van der Waals surface area (Å²) in [5.41, 5.74) is 0.332. The Kier molecular flexibility index (Phi) is 5.67. The fourth-order valence-corrected chi connectivity index (χ4v) is 3.30. The van der Waals surface area contributed by atoms with Crippen molar-refractivity contribution in [3.05, 3.63) is 33.0 Å². The van der Waals surface area contributed by atoms with Crippen LogP contribution in [0.3, 0.4) is 0 Å². The van der Waals surface area contributed by atoms with E-state index in [0.29, 0.717) is 10.0 Å². The zero-order valence-corrected chi connectivity index (χ0v) is 13.2. The molecule has 0 aromatic heterocycles. The maximum atomic E-state index is 14.1. The van der Waals surface area contributed by atoms with Crippen LogP contribution in [0.15, 0.2) is 16.6 Å². The van der Waals surface area contributed by atoms with Gasteiger partial charge < -0.3 is 5.11 Å². The molecule has 1 aliphatic carbocycles. The molecule has 1 aromatic carbocycles. The van der Waals surface area contributed by atoms with Gasteiger partial charge in [0.25, 0.3) is 0 Å². The minimum absolute atomic E-state index is 0.0578. The fourth-order valence-electron chi connectivity index (χ4n) is 2.83. The van der Waals surface area contributed by atoms with Crippen LogP contribution in [-0.2, 0) is 0 Å². The van der Waals surface area contributed by atoms with Gasteiger partial charge in [-0.1, -0.05) is 49.8 Å². The van der Waals surface area contributed by atoms with Crippen LogP contribution in [-0.4, -0.2) is 5.11 Å². The van der Waals surface area contributed by atoms with Crippen molar-refractivity contribution in [2.45, 2.75) is 51.0 Å². The first kappa shape index (κ1) is 15.3. The van der Waals surface area contributed by atoms with E-state index in [1.807, 2.05) is 0 Å². The first-order chi connectivity index (χ1) is 9.11. The molecular weight excluding hydrogens is 331 g/mol. The van der Waals surface area contributed by atoms with Crippen LogP contribution in [0, 0.1) is 11.7 Å². The summed E-state index contributed by atoms with van der Waals surface area (Å²) in [6, 6.07) is 3.33. The maximum Gasteiger partial charge on any atom is 0.148 e. The van der Waals surface area contributed by atoms with E-state index in [1.165, 1.54) is 19.3 Å². The molecule has 0 saturated heterocycles. The molecule has 1 N–H and O–H groups in total. The lowest BCUT2D eigenvalue weighted by Gasteiger charge is -2.25. The Hall–Kier alpha value is -0.120. The second kappa shape index (κ2) is 7.05. The van der Waals surface area contributed by atoms with E-state index in [9.17, 15) is 9.50 Å². The highest BCUT2D eigenvalue weighted by molar-refractivity contribution is 9.10. The van der Waals surface area contributed by atoms with E-state index in [4.69, 9.17) is 11.6 Å². The summed E-state index contributed by atoms with van der Waals surface area (Å²) in [5.74, 6) is -0.349. The summed E-state index contributed by atoms with van der Waals surface area (Å²) in [6.45, 7) is 0. The van der Waals surface area contributed by atoms with Gasteiger partial charge in [0.15, 0.2) is 0 Å². The van der Waals surface area contributed by atoms with E-state index < -0.39 is 11.9 Å². The number of aliphatic hydroxyl groups is 1. The van der Waals surface area contributed by atoms with Gasteiger partial charge in [0.2, 0.25) is 0 Å². The molecule has 0 amide bonds. The number of halogens is 3. The highest BCUT2D eigenvalue weighted by Crippen LogP contribution is 2.37. The summed E-state index contributed by atoms with van der Waals surface area (Å²) in [4.78, 5) is 0. The zero-order valence-electron chi connectivity index (χ0n) is 10.8. The molecule has 1 aliphatic rings. The van der Waals surface area contributed by atoms with Crippen LogP contribution >= 0.6 is 27.5 Å². The molecule has 4 heteroatoms. The van der Waals surface area contributed by atoms with Crippen molar-refractivity contribution in [3.8, 4) is 0 Å². The quantitative estimate of drug-likeness (QED) is 0.685. The number of hydrogen-bond acceptors (Lipinski definition) is 1. The van der Waals surface area contributed by atoms with E-state index in [-0.39, 0.29) is 10.9 Å². The van der Waals surface area contributed by atoms with Crippen molar-refractivity contribution in [2.24, 2.45) is 5.92 Å². The molecule has 1 aromatic rings. The standard InChI is InChI=1S/C15H19BrClFO/c16-12-9-8-11(14(18)13(12)17)15(19)10-6-4-2-1-3-5-7-10/h8-10,15,19H,1-7H2. The van der Waals surface area contributed by atoms with E-state index >= 15 is 0 Å². The molecule has 0 bridgehead atoms. The monoisotopic (exact) mass is 348 g/mol. The third-order valence-electron chi connectivity index (χ3n) is 3.98. The van der Waals surface area contributed by atoms with Crippen LogP contribution in [0.4, 0.5) is 4.39 Å². The fraction of sp³-hybridized carbons (Fsp3) is 0.600. The zero-order chi connectivity index (χ0) is 13.8. The number of rotatable bonds is 2. The molecule has 0 aliphatic heterocycles. The molecule has 1 nitrogen and oxygen atoms in total. The Morgan fingerprint density at radius 2 is 1.74 bits per heavy atom. The molecule has 0 radical (unpaired) electrons. The molecule has 1 atom stereocenters. The van der Waals surface area contributed by atoms with Gasteiger partial charge in [0.1, 0.15) is 5.82 Å². The average Bonchev–Trinajstić information content (AvgIpc) is 2.35. The summed E-state index contributed by atoms with van der Waals surface area (Å²) >= 11 is 9.09. The summed E-state index contributed by atoms with van der Waals surface area (Å²) < 4.78 is 14.7. The van der Waals surface area contributed by atoms with Crippen molar-refractivity contribution in [3.63, 3.8) is 0 Å². The van der Waals surface area contributed by atoms with Crippen LogP contribution in [0.5, 0.6) is 0 Å². The van der Waals surface area contributed by atoms with Gasteiger partial charge in [-0.3, -0.25) is 0 Å². The van der Waals surface area contributed by atoms with Gasteiger partial charge in [0, 0.05) is 10.0 Å². The van der Waals surface area contributed by atoms with E-state index in [0.717, 1.165) is 25.7 Å². The van der Waals surface area contributed by atoms with Crippen molar-refractivity contribution < 1.29 is 9.50 Å². The topological polar surface area (TPSA) is 20.2 Å². The Morgan fingerprint density at radius 3 is 2.37 bits per heavy atom. The van der Waals surface area contributed by atoms with Crippen molar-refractivity contribution >= 4 is 27.5 Å². The largest absolute Gasteiger partial charge is 0.388 e. The molecule has 0 heterocycles. The number of aliphatic hydroxyl groups excluding tert-OH is 1. The normalized spacial score (nSPS) is 19.8. The number of benzene rings is 1. The first-order valence-electron chi connectivity index (χ1n) is 6.92. The average molecular weight is 350 g/mol. The van der Waals surface area contributed by atoms with E-state index in [2.05, 4.69) is 15.9 Å². The van der Waals surface area contributed by atoms with Crippen LogP contribution < -0.4 is 0 Å². The summed E-state index contributed by atoms with van der Waals surface area (Å²) in [5, 5.41) is 10.5. The third-order valence-corrected chi connectivity index (χ3v) is 5.24.